The van der Waals surface area contributed by atoms with E-state index in [-0.39, 0.29) is 17.3 Å². The van der Waals surface area contributed by atoms with Gasteiger partial charge in [-0.1, -0.05) is 48.5 Å². The number of carbonyl (C=O) groups excluding carboxylic acids is 1. The van der Waals surface area contributed by atoms with Gasteiger partial charge >= 0.3 is 0 Å². The second-order valence-electron chi connectivity index (χ2n) is 9.41. The zero-order valence-electron chi connectivity index (χ0n) is 21.2. The fourth-order valence-corrected chi connectivity index (χ4v) is 6.14. The Hall–Kier alpha value is -4.10. The maximum absolute atomic E-state index is 13.5. The molecular weight excluding hydrogens is 494 g/mol. The van der Waals surface area contributed by atoms with Crippen LogP contribution in [-0.4, -0.2) is 27.4 Å². The number of anilines is 3. The molecule has 0 aromatic heterocycles. The number of amides is 1. The highest BCUT2D eigenvalue weighted by Crippen LogP contribution is 2.26. The number of rotatable bonds is 8. The standard InChI is InChI=1S/C31H31N3O3S/c35-31(32-27-18-20-28(21-19-27)33-22-8-3-9-23-33)26-16-14-25(15-17-26)24-34(29-10-4-1-5-11-29)38(36,37)30-12-6-2-7-13-30/h1-2,4-7,10-21H,3,8-9,22-24H2,(H,32,35). The number of para-hydroxylation sites is 1. The van der Waals surface area contributed by atoms with Crippen LogP contribution in [0, 0.1) is 0 Å². The molecular formula is C31H31N3O3S. The highest BCUT2D eigenvalue weighted by Gasteiger charge is 2.25. The van der Waals surface area contributed by atoms with Gasteiger partial charge in [-0.25, -0.2) is 8.42 Å². The number of benzene rings is 4. The highest BCUT2D eigenvalue weighted by atomic mass is 32.2. The fraction of sp³-hybridized carbons (Fsp3) is 0.194. The molecule has 7 heteroatoms. The summed E-state index contributed by atoms with van der Waals surface area (Å²) in [6.45, 7) is 2.29. The summed E-state index contributed by atoms with van der Waals surface area (Å²) in [4.78, 5) is 15.5. The maximum Gasteiger partial charge on any atom is 0.264 e. The molecule has 0 saturated carbocycles. The summed E-state index contributed by atoms with van der Waals surface area (Å²) in [6, 6.07) is 32.5. The maximum atomic E-state index is 13.5. The first-order valence-corrected chi connectivity index (χ1v) is 14.3. The summed E-state index contributed by atoms with van der Waals surface area (Å²) in [5.41, 5.74) is 3.78. The van der Waals surface area contributed by atoms with Crippen LogP contribution in [0.2, 0.25) is 0 Å². The number of carbonyl (C=O) groups is 1. The van der Waals surface area contributed by atoms with Gasteiger partial charge in [0.1, 0.15) is 0 Å². The average Bonchev–Trinajstić information content (AvgIpc) is 2.98. The first-order valence-electron chi connectivity index (χ1n) is 12.9. The second kappa shape index (κ2) is 11.5. The minimum atomic E-state index is -3.78. The van der Waals surface area contributed by atoms with Gasteiger partial charge in [-0.2, -0.15) is 0 Å². The predicted octanol–water partition coefficient (Wildman–Crippen LogP) is 6.32. The summed E-state index contributed by atoms with van der Waals surface area (Å²) < 4.78 is 28.4. The second-order valence-corrected chi connectivity index (χ2v) is 11.3. The van der Waals surface area contributed by atoms with Crippen molar-refractivity contribution in [2.45, 2.75) is 30.7 Å². The molecule has 4 aromatic carbocycles. The number of nitrogens with zero attached hydrogens (tertiary/aromatic N) is 2. The third-order valence-electron chi connectivity index (χ3n) is 6.76. The van der Waals surface area contributed by atoms with E-state index in [1.807, 2.05) is 30.3 Å². The Morgan fingerprint density at radius 3 is 1.97 bits per heavy atom. The number of piperidine rings is 1. The molecule has 1 aliphatic rings. The molecule has 0 unspecified atom stereocenters. The van der Waals surface area contributed by atoms with Crippen LogP contribution in [0.5, 0.6) is 0 Å². The van der Waals surface area contributed by atoms with Crippen molar-refractivity contribution < 1.29 is 13.2 Å². The molecule has 38 heavy (non-hydrogen) atoms. The molecule has 0 spiro atoms. The Bertz CT molecular complexity index is 1450. The Kier molecular flexibility index (Phi) is 7.75. The summed E-state index contributed by atoms with van der Waals surface area (Å²) in [5, 5.41) is 2.96. The quantitative estimate of drug-likeness (QED) is 0.292. The molecule has 1 aliphatic heterocycles. The van der Waals surface area contributed by atoms with E-state index >= 15 is 0 Å². The lowest BCUT2D eigenvalue weighted by atomic mass is 10.1. The van der Waals surface area contributed by atoms with Crippen LogP contribution in [-0.2, 0) is 16.6 Å². The van der Waals surface area contributed by atoms with Crippen molar-refractivity contribution in [1.82, 2.24) is 0 Å². The van der Waals surface area contributed by atoms with Crippen LogP contribution in [0.1, 0.15) is 35.2 Å². The number of sulfonamides is 1. The molecule has 0 aliphatic carbocycles. The molecule has 0 radical (unpaired) electrons. The monoisotopic (exact) mass is 525 g/mol. The van der Waals surface area contributed by atoms with Crippen LogP contribution >= 0.6 is 0 Å². The van der Waals surface area contributed by atoms with Crippen molar-refractivity contribution in [3.63, 3.8) is 0 Å². The van der Waals surface area contributed by atoms with E-state index in [2.05, 4.69) is 22.3 Å². The summed E-state index contributed by atoms with van der Waals surface area (Å²) in [7, 11) is -3.78. The largest absolute Gasteiger partial charge is 0.372 e. The molecule has 6 nitrogen and oxygen atoms in total. The molecule has 0 bridgehead atoms. The Morgan fingerprint density at radius 1 is 0.737 bits per heavy atom. The highest BCUT2D eigenvalue weighted by molar-refractivity contribution is 7.92. The summed E-state index contributed by atoms with van der Waals surface area (Å²) in [6.07, 6.45) is 3.72. The summed E-state index contributed by atoms with van der Waals surface area (Å²) in [5.74, 6) is -0.209. The van der Waals surface area contributed by atoms with Crippen molar-refractivity contribution >= 4 is 33.0 Å². The van der Waals surface area contributed by atoms with Gasteiger partial charge in [-0.05, 0) is 85.5 Å². The lowest BCUT2D eigenvalue weighted by Gasteiger charge is -2.28. The lowest BCUT2D eigenvalue weighted by Crippen LogP contribution is -2.30. The van der Waals surface area contributed by atoms with Gasteiger partial charge in [-0.15, -0.1) is 0 Å². The number of nitrogens with one attached hydrogen (secondary N) is 1. The van der Waals surface area contributed by atoms with Crippen LogP contribution in [0.3, 0.4) is 0 Å². The molecule has 1 amide bonds. The van der Waals surface area contributed by atoms with Gasteiger partial charge in [0.05, 0.1) is 17.1 Å². The van der Waals surface area contributed by atoms with Gasteiger partial charge in [0.25, 0.3) is 15.9 Å². The normalized spacial score (nSPS) is 13.6. The summed E-state index contributed by atoms with van der Waals surface area (Å²) >= 11 is 0. The molecule has 1 fully saturated rings. The van der Waals surface area contributed by atoms with Crippen molar-refractivity contribution in [3.8, 4) is 0 Å². The third kappa shape index (κ3) is 5.89. The molecule has 0 atom stereocenters. The topological polar surface area (TPSA) is 69.7 Å². The first kappa shape index (κ1) is 25.5. The Labute approximate surface area is 224 Å². The fourth-order valence-electron chi connectivity index (χ4n) is 4.67. The third-order valence-corrected chi connectivity index (χ3v) is 8.55. The van der Waals surface area contributed by atoms with Gasteiger partial charge in [0.15, 0.2) is 0 Å². The minimum Gasteiger partial charge on any atom is -0.372 e. The van der Waals surface area contributed by atoms with E-state index in [0.717, 1.165) is 24.3 Å². The van der Waals surface area contributed by atoms with E-state index < -0.39 is 10.0 Å². The molecule has 1 heterocycles. The lowest BCUT2D eigenvalue weighted by molar-refractivity contribution is 0.102. The smallest absolute Gasteiger partial charge is 0.264 e. The zero-order chi connectivity index (χ0) is 26.4. The van der Waals surface area contributed by atoms with Crippen LogP contribution in [0.15, 0.2) is 114 Å². The molecule has 1 N–H and O–H groups in total. The number of hydrogen-bond acceptors (Lipinski definition) is 4. The first-order chi connectivity index (χ1) is 18.5. The van der Waals surface area contributed by atoms with Gasteiger partial charge in [-0.3, -0.25) is 9.10 Å². The van der Waals surface area contributed by atoms with Crippen molar-refractivity contribution in [2.24, 2.45) is 0 Å². The van der Waals surface area contributed by atoms with Crippen molar-refractivity contribution in [2.75, 3.05) is 27.6 Å². The SMILES string of the molecule is O=C(Nc1ccc(N2CCCCC2)cc1)c1ccc(CN(c2ccccc2)S(=O)(=O)c2ccccc2)cc1. The van der Waals surface area contributed by atoms with Crippen molar-refractivity contribution in [3.05, 3.63) is 120 Å². The van der Waals surface area contributed by atoms with E-state index in [1.165, 1.54) is 29.3 Å². The number of hydrogen-bond donors (Lipinski definition) is 1. The van der Waals surface area contributed by atoms with E-state index in [0.29, 0.717) is 11.3 Å². The van der Waals surface area contributed by atoms with Gasteiger partial charge in [0.2, 0.25) is 0 Å². The average molecular weight is 526 g/mol. The minimum absolute atomic E-state index is 0.140. The Balaban J connectivity index is 1.29. The van der Waals surface area contributed by atoms with E-state index in [9.17, 15) is 13.2 Å². The Morgan fingerprint density at radius 2 is 1.34 bits per heavy atom. The molecule has 194 valence electrons. The van der Waals surface area contributed by atoms with Crippen LogP contribution in [0.25, 0.3) is 0 Å². The van der Waals surface area contributed by atoms with Crippen LogP contribution < -0.4 is 14.5 Å². The van der Waals surface area contributed by atoms with Crippen molar-refractivity contribution in [1.29, 1.82) is 0 Å². The predicted molar refractivity (Wildman–Crippen MR) is 153 cm³/mol. The van der Waals surface area contributed by atoms with E-state index in [1.54, 1.807) is 66.7 Å². The van der Waals surface area contributed by atoms with Gasteiger partial charge in [0, 0.05) is 30.0 Å². The zero-order valence-corrected chi connectivity index (χ0v) is 22.0. The van der Waals surface area contributed by atoms with Gasteiger partial charge < -0.3 is 10.2 Å². The molecule has 1 saturated heterocycles. The molecule has 5 rings (SSSR count). The van der Waals surface area contributed by atoms with E-state index in [4.69, 9.17) is 0 Å². The molecule has 4 aromatic rings. The van der Waals surface area contributed by atoms with Crippen LogP contribution in [0.4, 0.5) is 17.1 Å².